The first-order chi connectivity index (χ1) is 14.1. The number of pyridine rings is 1. The molecule has 0 radical (unpaired) electrons. The first-order valence-electron chi connectivity index (χ1n) is 9.08. The second-order valence-electron chi connectivity index (χ2n) is 6.51. The highest BCUT2D eigenvalue weighted by molar-refractivity contribution is 7.92. The van der Waals surface area contributed by atoms with Crippen LogP contribution >= 0.6 is 0 Å². The van der Waals surface area contributed by atoms with Gasteiger partial charge in [-0.2, -0.15) is 13.2 Å². The van der Waals surface area contributed by atoms with E-state index in [-0.39, 0.29) is 30.6 Å². The molecule has 1 heterocycles. The molecule has 0 N–H and O–H groups in total. The number of ether oxygens (including phenoxy) is 1. The van der Waals surface area contributed by atoms with Crippen molar-refractivity contribution in [3.8, 4) is 11.1 Å². The number of benzene rings is 2. The number of hydrogen-bond acceptors (Lipinski definition) is 5. The van der Waals surface area contributed by atoms with E-state index in [1.807, 2.05) is 12.1 Å². The van der Waals surface area contributed by atoms with Gasteiger partial charge in [0, 0.05) is 18.2 Å². The molecular weight excluding hydrogens is 419 g/mol. The predicted octanol–water partition coefficient (Wildman–Crippen LogP) is 4.69. The average Bonchev–Trinajstić information content (AvgIpc) is 2.71. The van der Waals surface area contributed by atoms with E-state index in [0.717, 1.165) is 17.0 Å². The molecule has 9 heteroatoms. The highest BCUT2D eigenvalue weighted by Gasteiger charge is 2.49. The van der Waals surface area contributed by atoms with Crippen molar-refractivity contribution in [3.05, 3.63) is 60.3 Å². The predicted molar refractivity (Wildman–Crippen MR) is 105 cm³/mol. The second kappa shape index (κ2) is 8.43. The van der Waals surface area contributed by atoms with E-state index < -0.39 is 26.3 Å². The highest BCUT2D eigenvalue weighted by Crippen LogP contribution is 2.36. The summed E-state index contributed by atoms with van der Waals surface area (Å²) < 4.78 is 68.7. The van der Waals surface area contributed by atoms with E-state index in [1.54, 1.807) is 37.3 Å². The summed E-state index contributed by atoms with van der Waals surface area (Å²) in [6, 6.07) is 13.4. The molecule has 0 unspecified atom stereocenters. The van der Waals surface area contributed by atoms with E-state index in [9.17, 15) is 26.4 Å². The summed E-state index contributed by atoms with van der Waals surface area (Å²) in [4.78, 5) is 15.2. The Labute approximate surface area is 171 Å². The summed E-state index contributed by atoms with van der Waals surface area (Å²) >= 11 is 0. The summed E-state index contributed by atoms with van der Waals surface area (Å²) in [6.07, 6.45) is 1.19. The zero-order valence-corrected chi connectivity index (χ0v) is 16.8. The monoisotopic (exact) mass is 437 g/mol. The molecule has 1 aromatic heterocycles. The number of aryl methyl sites for hydroxylation is 1. The van der Waals surface area contributed by atoms with E-state index >= 15 is 0 Å². The molecule has 5 nitrogen and oxygen atoms in total. The van der Waals surface area contributed by atoms with Crippen molar-refractivity contribution in [1.82, 2.24) is 4.98 Å². The third-order valence-electron chi connectivity index (χ3n) is 4.45. The molecule has 0 aliphatic heterocycles. The molecule has 0 saturated carbocycles. The van der Waals surface area contributed by atoms with Gasteiger partial charge in [-0.15, -0.1) is 0 Å². The molecular formula is C21H18F3NO4S. The van der Waals surface area contributed by atoms with Gasteiger partial charge in [0.1, 0.15) is 0 Å². The summed E-state index contributed by atoms with van der Waals surface area (Å²) in [5, 5.41) is 0.528. The van der Waals surface area contributed by atoms with Crippen molar-refractivity contribution in [3.63, 3.8) is 0 Å². The second-order valence-corrected chi connectivity index (χ2v) is 8.37. The zero-order valence-electron chi connectivity index (χ0n) is 15.9. The van der Waals surface area contributed by atoms with Crippen LogP contribution in [0.4, 0.5) is 13.2 Å². The first-order valence-corrected chi connectivity index (χ1v) is 10.6. The van der Waals surface area contributed by atoms with Gasteiger partial charge in [0.2, 0.25) is 0 Å². The molecule has 0 aliphatic rings. The van der Waals surface area contributed by atoms with Crippen LogP contribution < -0.4 is 0 Å². The Kier molecular flexibility index (Phi) is 6.12. The number of carbonyl (C=O) groups excluding carboxylic acids is 1. The fourth-order valence-electron chi connectivity index (χ4n) is 3.00. The first kappa shape index (κ1) is 21.8. The molecule has 0 saturated heterocycles. The van der Waals surface area contributed by atoms with Crippen LogP contribution in [0.25, 0.3) is 21.9 Å². The minimum atomic E-state index is -5.67. The number of rotatable bonds is 6. The van der Waals surface area contributed by atoms with Gasteiger partial charge >= 0.3 is 11.5 Å². The van der Waals surface area contributed by atoms with Crippen LogP contribution in [0, 0.1) is 0 Å². The molecule has 0 aliphatic carbocycles. The minimum absolute atomic E-state index is 0.00194. The Balaban J connectivity index is 2.12. The molecule has 0 spiro atoms. The number of halogens is 3. The van der Waals surface area contributed by atoms with Crippen LogP contribution in [0.1, 0.15) is 18.9 Å². The lowest BCUT2D eigenvalue weighted by Crippen LogP contribution is -2.25. The normalized spacial score (nSPS) is 12.1. The van der Waals surface area contributed by atoms with Crippen LogP contribution in [0.3, 0.4) is 0 Å². The number of aromatic nitrogens is 1. The van der Waals surface area contributed by atoms with Gasteiger partial charge in [-0.3, -0.25) is 4.79 Å². The number of alkyl halides is 3. The molecule has 0 atom stereocenters. The van der Waals surface area contributed by atoms with E-state index in [2.05, 4.69) is 4.98 Å². The van der Waals surface area contributed by atoms with E-state index in [4.69, 9.17) is 4.74 Å². The number of carbonyl (C=O) groups is 1. The van der Waals surface area contributed by atoms with E-state index in [0.29, 0.717) is 5.56 Å². The van der Waals surface area contributed by atoms with Crippen LogP contribution in [0.2, 0.25) is 0 Å². The molecule has 3 rings (SSSR count). The molecule has 0 amide bonds. The van der Waals surface area contributed by atoms with Gasteiger partial charge in [-0.1, -0.05) is 36.4 Å². The molecule has 3 aromatic rings. The quantitative estimate of drug-likeness (QED) is 0.523. The van der Waals surface area contributed by atoms with Crippen LogP contribution in [0.15, 0.2) is 59.8 Å². The Morgan fingerprint density at radius 1 is 1.07 bits per heavy atom. The number of nitrogens with zero attached hydrogens (tertiary/aromatic N) is 1. The van der Waals surface area contributed by atoms with Gasteiger partial charge in [0.15, 0.2) is 5.03 Å². The van der Waals surface area contributed by atoms with Gasteiger partial charge in [0.25, 0.3) is 9.84 Å². The number of hydrogen-bond donors (Lipinski definition) is 0. The van der Waals surface area contributed by atoms with Crippen LogP contribution in [-0.4, -0.2) is 31.5 Å². The largest absolute Gasteiger partial charge is 0.503 e. The maximum atomic E-state index is 13.2. The number of sulfone groups is 1. The van der Waals surface area contributed by atoms with Crippen molar-refractivity contribution in [2.24, 2.45) is 0 Å². The van der Waals surface area contributed by atoms with Crippen LogP contribution in [-0.2, 0) is 25.8 Å². The summed E-state index contributed by atoms with van der Waals surface area (Å²) in [5.74, 6) is -0.461. The van der Waals surface area contributed by atoms with Crippen molar-refractivity contribution in [2.45, 2.75) is 30.3 Å². The standard InChI is InChI=1S/C21H18F3NO4S/c1-2-29-19(26)10-7-14-11-18(20(25-13-14)30(27,28)21(22,23)24)17-9-8-15-5-3-4-6-16(15)12-17/h3-6,8-9,11-13H,2,7,10H2,1H3. The van der Waals surface area contributed by atoms with Gasteiger partial charge < -0.3 is 4.74 Å². The Morgan fingerprint density at radius 2 is 1.77 bits per heavy atom. The topological polar surface area (TPSA) is 73.3 Å². The average molecular weight is 437 g/mol. The van der Waals surface area contributed by atoms with Crippen LogP contribution in [0.5, 0.6) is 0 Å². The number of esters is 1. The maximum Gasteiger partial charge on any atom is 0.503 e. The smallest absolute Gasteiger partial charge is 0.466 e. The highest BCUT2D eigenvalue weighted by atomic mass is 32.2. The Bertz CT molecular complexity index is 1190. The molecule has 2 aromatic carbocycles. The van der Waals surface area contributed by atoms with Crippen molar-refractivity contribution >= 4 is 26.6 Å². The lowest BCUT2D eigenvalue weighted by atomic mass is 10.0. The van der Waals surface area contributed by atoms with Crippen molar-refractivity contribution in [2.75, 3.05) is 6.61 Å². The molecule has 0 fully saturated rings. The third-order valence-corrected chi connectivity index (χ3v) is 5.89. The number of fused-ring (bicyclic) bond motifs is 1. The summed E-state index contributed by atoms with van der Waals surface area (Å²) in [5.41, 5.74) is -4.95. The zero-order chi connectivity index (χ0) is 21.9. The summed E-state index contributed by atoms with van der Waals surface area (Å²) in [7, 11) is -5.67. The fourth-order valence-corrected chi connectivity index (χ4v) is 3.88. The SMILES string of the molecule is CCOC(=O)CCc1cnc(S(=O)(=O)C(F)(F)F)c(-c2ccc3ccccc3c2)c1. The van der Waals surface area contributed by atoms with Crippen molar-refractivity contribution < 1.29 is 31.1 Å². The fraction of sp³-hybridized carbons (Fsp3) is 0.238. The minimum Gasteiger partial charge on any atom is -0.466 e. The van der Waals surface area contributed by atoms with Crippen molar-refractivity contribution in [1.29, 1.82) is 0 Å². The van der Waals surface area contributed by atoms with E-state index in [1.165, 1.54) is 6.07 Å². The van der Waals surface area contributed by atoms with Gasteiger partial charge in [-0.25, -0.2) is 13.4 Å². The molecule has 30 heavy (non-hydrogen) atoms. The summed E-state index contributed by atoms with van der Waals surface area (Å²) in [6.45, 7) is 1.87. The lowest BCUT2D eigenvalue weighted by molar-refractivity contribution is -0.143. The maximum absolute atomic E-state index is 13.2. The lowest BCUT2D eigenvalue weighted by Gasteiger charge is -2.14. The Hall–Kier alpha value is -2.94. The van der Waals surface area contributed by atoms with Gasteiger partial charge in [0.05, 0.1) is 6.61 Å². The molecule has 0 bridgehead atoms. The Morgan fingerprint density at radius 3 is 2.43 bits per heavy atom. The van der Waals surface area contributed by atoms with Gasteiger partial charge in [-0.05, 0) is 47.4 Å². The molecule has 158 valence electrons. The third kappa shape index (κ3) is 4.46.